The van der Waals surface area contributed by atoms with Crippen molar-refractivity contribution in [2.75, 3.05) is 0 Å². The van der Waals surface area contributed by atoms with E-state index in [0.717, 1.165) is 11.1 Å². The Morgan fingerprint density at radius 3 is 2.58 bits per heavy atom. The average Bonchev–Trinajstić information content (AvgIpc) is 2.86. The van der Waals surface area contributed by atoms with Gasteiger partial charge in [-0.25, -0.2) is 4.98 Å². The Labute approximate surface area is 188 Å². The van der Waals surface area contributed by atoms with Crippen LogP contribution in [0.4, 0.5) is 0 Å². The molecular weight excluding hydrogens is 416 g/mol. The number of hydrogen-bond donors (Lipinski definition) is 2. The molecule has 33 heavy (non-hydrogen) atoms. The molecule has 4 heterocycles. The van der Waals surface area contributed by atoms with Gasteiger partial charge in [0.25, 0.3) is 11.5 Å². The molecule has 5 rings (SSSR count). The molecule has 8 nitrogen and oxygen atoms in total. The number of amides is 1. The van der Waals surface area contributed by atoms with Crippen molar-refractivity contribution < 1.29 is 4.79 Å². The number of benzene rings is 1. The number of pyridine rings is 3. The maximum atomic E-state index is 13.3. The van der Waals surface area contributed by atoms with Crippen molar-refractivity contribution in [2.24, 2.45) is 0 Å². The summed E-state index contributed by atoms with van der Waals surface area (Å²) in [5, 5.41) is 11.9. The summed E-state index contributed by atoms with van der Waals surface area (Å²) in [6.07, 6.45) is 4.97. The molecule has 5 aromatic rings. The number of aromatic nitrogens is 4. The molecule has 4 aromatic heterocycles. The molecule has 0 spiro atoms. The first-order valence-corrected chi connectivity index (χ1v) is 10.4. The zero-order valence-corrected chi connectivity index (χ0v) is 17.6. The standard InChI is InChI=1S/C25H20N6O2/c26-22-19(24(32)28-15-18-9-6-11-27-14-18)13-20-23(31(22)16-17-7-2-1-3-8-17)29-21-10-4-5-12-30(21)25(20)33/h1-14,26H,15-16H2,(H,28,32). The second-order valence-electron chi connectivity index (χ2n) is 7.61. The van der Waals surface area contributed by atoms with Crippen LogP contribution < -0.4 is 16.4 Å². The third-order valence-electron chi connectivity index (χ3n) is 5.42. The number of nitrogens with zero attached hydrogens (tertiary/aromatic N) is 4. The molecule has 0 aliphatic rings. The summed E-state index contributed by atoms with van der Waals surface area (Å²) < 4.78 is 3.05. The van der Waals surface area contributed by atoms with E-state index in [0.29, 0.717) is 17.8 Å². The van der Waals surface area contributed by atoms with E-state index < -0.39 is 5.91 Å². The van der Waals surface area contributed by atoms with E-state index in [1.165, 1.54) is 10.5 Å². The van der Waals surface area contributed by atoms with E-state index in [2.05, 4.69) is 15.3 Å². The number of nitrogens with one attached hydrogen (secondary N) is 2. The van der Waals surface area contributed by atoms with Crippen LogP contribution in [-0.2, 0) is 13.1 Å². The molecule has 0 atom stereocenters. The smallest absolute Gasteiger partial charge is 0.267 e. The highest BCUT2D eigenvalue weighted by molar-refractivity contribution is 5.96. The Kier molecular flexibility index (Phi) is 5.24. The van der Waals surface area contributed by atoms with Crippen molar-refractivity contribution in [3.05, 3.63) is 118 Å². The van der Waals surface area contributed by atoms with Crippen LogP contribution in [0.3, 0.4) is 0 Å². The van der Waals surface area contributed by atoms with E-state index in [1.54, 1.807) is 47.4 Å². The minimum Gasteiger partial charge on any atom is -0.348 e. The Balaban J connectivity index is 1.67. The molecule has 2 N–H and O–H groups in total. The molecule has 162 valence electrons. The molecular formula is C25H20N6O2. The van der Waals surface area contributed by atoms with Crippen LogP contribution in [0.1, 0.15) is 21.5 Å². The first-order valence-electron chi connectivity index (χ1n) is 10.4. The normalized spacial score (nSPS) is 11.0. The third-order valence-corrected chi connectivity index (χ3v) is 5.42. The van der Waals surface area contributed by atoms with E-state index in [4.69, 9.17) is 5.41 Å². The number of carbonyl (C=O) groups is 1. The monoisotopic (exact) mass is 436 g/mol. The van der Waals surface area contributed by atoms with Gasteiger partial charge in [-0.15, -0.1) is 0 Å². The predicted molar refractivity (Wildman–Crippen MR) is 124 cm³/mol. The van der Waals surface area contributed by atoms with E-state index in [-0.39, 0.29) is 28.5 Å². The van der Waals surface area contributed by atoms with Gasteiger partial charge in [0.1, 0.15) is 16.8 Å². The summed E-state index contributed by atoms with van der Waals surface area (Å²) in [7, 11) is 0. The summed E-state index contributed by atoms with van der Waals surface area (Å²) in [6, 6.07) is 20.0. The molecule has 1 aromatic carbocycles. The van der Waals surface area contributed by atoms with Gasteiger partial charge in [0.15, 0.2) is 0 Å². The highest BCUT2D eigenvalue weighted by Gasteiger charge is 2.17. The Hall–Kier alpha value is -4.59. The second-order valence-corrected chi connectivity index (χ2v) is 7.61. The van der Waals surface area contributed by atoms with Crippen LogP contribution in [0.25, 0.3) is 16.7 Å². The quantitative estimate of drug-likeness (QED) is 0.413. The van der Waals surface area contributed by atoms with Crippen LogP contribution in [0.2, 0.25) is 0 Å². The molecule has 0 unspecified atom stereocenters. The highest BCUT2D eigenvalue weighted by atomic mass is 16.1. The molecule has 0 bridgehead atoms. The van der Waals surface area contributed by atoms with Gasteiger partial charge in [-0.3, -0.25) is 24.4 Å². The lowest BCUT2D eigenvalue weighted by molar-refractivity contribution is 0.0948. The lowest BCUT2D eigenvalue weighted by Gasteiger charge is -2.15. The molecule has 1 amide bonds. The topological polar surface area (TPSA) is 105 Å². The summed E-state index contributed by atoms with van der Waals surface area (Å²) >= 11 is 0. The van der Waals surface area contributed by atoms with Crippen molar-refractivity contribution in [3.63, 3.8) is 0 Å². The zero-order chi connectivity index (χ0) is 22.8. The SMILES string of the molecule is N=c1c(C(=O)NCc2cccnc2)cc2c(=O)n3ccccc3nc2n1Cc1ccccc1. The number of rotatable bonds is 5. The first-order chi connectivity index (χ1) is 16.1. The molecule has 0 aliphatic carbocycles. The Morgan fingerprint density at radius 2 is 1.79 bits per heavy atom. The van der Waals surface area contributed by atoms with Crippen molar-refractivity contribution in [1.82, 2.24) is 24.3 Å². The summed E-state index contributed by atoms with van der Waals surface area (Å²) in [5.74, 6) is -0.440. The van der Waals surface area contributed by atoms with Gasteiger partial charge in [-0.05, 0) is 35.4 Å². The Morgan fingerprint density at radius 1 is 1.00 bits per heavy atom. The minimum absolute atomic E-state index is 0.0118. The van der Waals surface area contributed by atoms with Crippen molar-refractivity contribution in [3.8, 4) is 0 Å². The lowest BCUT2D eigenvalue weighted by atomic mass is 10.1. The fourth-order valence-electron chi connectivity index (χ4n) is 3.76. The van der Waals surface area contributed by atoms with Crippen LogP contribution in [-0.4, -0.2) is 24.8 Å². The van der Waals surface area contributed by atoms with Crippen LogP contribution >= 0.6 is 0 Å². The van der Waals surface area contributed by atoms with E-state index in [1.807, 2.05) is 36.4 Å². The number of fused-ring (bicyclic) bond motifs is 2. The summed E-state index contributed by atoms with van der Waals surface area (Å²) in [6.45, 7) is 0.563. The lowest BCUT2D eigenvalue weighted by Crippen LogP contribution is -2.35. The predicted octanol–water partition coefficient (Wildman–Crippen LogP) is 2.50. The minimum atomic E-state index is -0.440. The highest BCUT2D eigenvalue weighted by Crippen LogP contribution is 2.12. The van der Waals surface area contributed by atoms with Gasteiger partial charge >= 0.3 is 0 Å². The molecule has 0 saturated heterocycles. The van der Waals surface area contributed by atoms with Gasteiger partial charge in [0.05, 0.1) is 17.5 Å². The fraction of sp³-hybridized carbons (Fsp3) is 0.0800. The van der Waals surface area contributed by atoms with Crippen LogP contribution in [0.5, 0.6) is 0 Å². The van der Waals surface area contributed by atoms with Gasteiger partial charge in [-0.1, -0.05) is 42.5 Å². The second kappa shape index (κ2) is 8.51. The number of hydrogen-bond acceptors (Lipinski definition) is 5. The molecule has 0 saturated carbocycles. The molecule has 8 heteroatoms. The zero-order valence-electron chi connectivity index (χ0n) is 17.6. The van der Waals surface area contributed by atoms with Gasteiger partial charge in [-0.2, -0.15) is 0 Å². The van der Waals surface area contributed by atoms with Crippen molar-refractivity contribution >= 4 is 22.6 Å². The van der Waals surface area contributed by atoms with E-state index >= 15 is 0 Å². The summed E-state index contributed by atoms with van der Waals surface area (Å²) in [4.78, 5) is 35.0. The van der Waals surface area contributed by atoms with Crippen molar-refractivity contribution in [2.45, 2.75) is 13.1 Å². The largest absolute Gasteiger partial charge is 0.348 e. The fourth-order valence-corrected chi connectivity index (χ4v) is 3.76. The average molecular weight is 436 g/mol. The number of carbonyl (C=O) groups excluding carboxylic acids is 1. The van der Waals surface area contributed by atoms with Crippen molar-refractivity contribution in [1.29, 1.82) is 5.41 Å². The maximum Gasteiger partial charge on any atom is 0.267 e. The van der Waals surface area contributed by atoms with Crippen LogP contribution in [0.15, 0.2) is 90.1 Å². The third kappa shape index (κ3) is 3.89. The molecule has 0 fully saturated rings. The van der Waals surface area contributed by atoms with Gasteiger partial charge < -0.3 is 9.88 Å². The summed E-state index contributed by atoms with van der Waals surface area (Å²) in [5.41, 5.74) is 2.41. The van der Waals surface area contributed by atoms with E-state index in [9.17, 15) is 9.59 Å². The Bertz CT molecular complexity index is 1590. The van der Waals surface area contributed by atoms with Gasteiger partial charge in [0.2, 0.25) is 0 Å². The molecule has 0 radical (unpaired) electrons. The maximum absolute atomic E-state index is 13.3. The van der Waals surface area contributed by atoms with Crippen LogP contribution in [0, 0.1) is 5.41 Å². The first kappa shape index (κ1) is 20.3. The molecule has 0 aliphatic heterocycles. The van der Waals surface area contributed by atoms with Gasteiger partial charge in [0, 0.05) is 25.1 Å².